The fraction of sp³-hybridized carbons (Fsp3) is 0.367. The molecule has 0 radical (unpaired) electrons. The number of rotatable bonds is 7. The first-order valence-corrected chi connectivity index (χ1v) is 13.7. The van der Waals surface area contributed by atoms with Crippen molar-refractivity contribution in [2.45, 2.75) is 44.3 Å². The van der Waals surface area contributed by atoms with Gasteiger partial charge in [0.15, 0.2) is 0 Å². The van der Waals surface area contributed by atoms with Crippen molar-refractivity contribution in [2.24, 2.45) is 0 Å². The third-order valence-electron chi connectivity index (χ3n) is 7.47. The molecule has 3 heterocycles. The maximum atomic E-state index is 12.8. The minimum absolute atomic E-state index is 0.113. The van der Waals surface area contributed by atoms with Crippen LogP contribution in [0.3, 0.4) is 0 Å². The van der Waals surface area contributed by atoms with E-state index in [1.165, 1.54) is 11.3 Å². The van der Waals surface area contributed by atoms with E-state index in [1.54, 1.807) is 12.3 Å². The van der Waals surface area contributed by atoms with Gasteiger partial charge in [0.2, 0.25) is 0 Å². The van der Waals surface area contributed by atoms with Crippen molar-refractivity contribution in [2.75, 3.05) is 36.4 Å². The summed E-state index contributed by atoms with van der Waals surface area (Å²) >= 11 is 6.01. The van der Waals surface area contributed by atoms with Gasteiger partial charge in [-0.1, -0.05) is 23.7 Å². The summed E-state index contributed by atoms with van der Waals surface area (Å²) in [6.45, 7) is 4.69. The molecular weight excluding hydrogens is 496 g/mol. The number of nitrogens with one attached hydrogen (secondary N) is 2. The lowest BCUT2D eigenvalue weighted by Gasteiger charge is -2.34. The Morgan fingerprint density at radius 2 is 1.61 bits per heavy atom. The van der Waals surface area contributed by atoms with E-state index in [2.05, 4.69) is 43.6 Å². The van der Waals surface area contributed by atoms with Gasteiger partial charge in [-0.3, -0.25) is 9.69 Å². The Balaban J connectivity index is 1.04. The van der Waals surface area contributed by atoms with Crippen LogP contribution in [0.1, 0.15) is 47.3 Å². The zero-order chi connectivity index (χ0) is 26.3. The van der Waals surface area contributed by atoms with Crippen LogP contribution in [0.15, 0.2) is 66.9 Å². The van der Waals surface area contributed by atoms with E-state index in [9.17, 15) is 4.79 Å². The number of benzene rings is 2. The molecule has 196 valence electrons. The lowest BCUT2D eigenvalue weighted by atomic mass is 10.0. The van der Waals surface area contributed by atoms with E-state index in [0.29, 0.717) is 17.3 Å². The molecule has 0 atom stereocenters. The van der Waals surface area contributed by atoms with E-state index in [0.717, 1.165) is 69.1 Å². The molecule has 1 amide bonds. The van der Waals surface area contributed by atoms with Gasteiger partial charge in [-0.05, 0) is 79.8 Å². The van der Waals surface area contributed by atoms with Crippen molar-refractivity contribution in [1.82, 2.24) is 15.2 Å². The summed E-state index contributed by atoms with van der Waals surface area (Å²) in [6, 6.07) is 22.2. The SMILES string of the molecule is N#Cc1ccc(CN2CCC(NC(=O)c3ccc(NC4CCN(c5ccc(Cl)cc5)CC4)cn3)CC2)cc1. The Hall–Kier alpha value is -3.60. The predicted molar refractivity (Wildman–Crippen MR) is 151 cm³/mol. The van der Waals surface area contributed by atoms with Crippen LogP contribution in [-0.4, -0.2) is 54.1 Å². The Morgan fingerprint density at radius 1 is 0.921 bits per heavy atom. The molecule has 2 aromatic carbocycles. The first kappa shape index (κ1) is 26.0. The highest BCUT2D eigenvalue weighted by Crippen LogP contribution is 2.24. The number of carbonyl (C=O) groups is 1. The van der Waals surface area contributed by atoms with E-state index in [1.807, 2.05) is 42.5 Å². The molecule has 0 bridgehead atoms. The van der Waals surface area contributed by atoms with Crippen LogP contribution >= 0.6 is 11.6 Å². The third kappa shape index (κ3) is 6.83. The van der Waals surface area contributed by atoms with Crippen LogP contribution in [0.5, 0.6) is 0 Å². The molecule has 1 aromatic heterocycles. The molecule has 38 heavy (non-hydrogen) atoms. The number of nitrogens with zero attached hydrogens (tertiary/aromatic N) is 4. The topological polar surface area (TPSA) is 84.3 Å². The fourth-order valence-electron chi connectivity index (χ4n) is 5.22. The molecule has 2 N–H and O–H groups in total. The first-order valence-electron chi connectivity index (χ1n) is 13.3. The van der Waals surface area contributed by atoms with Gasteiger partial charge < -0.3 is 15.5 Å². The molecule has 5 rings (SSSR count). The minimum Gasteiger partial charge on any atom is -0.381 e. The largest absolute Gasteiger partial charge is 0.381 e. The minimum atomic E-state index is -0.113. The number of aromatic nitrogens is 1. The van der Waals surface area contributed by atoms with Crippen molar-refractivity contribution in [1.29, 1.82) is 5.26 Å². The number of amides is 1. The summed E-state index contributed by atoms with van der Waals surface area (Å²) in [6.07, 6.45) is 5.66. The smallest absolute Gasteiger partial charge is 0.270 e. The summed E-state index contributed by atoms with van der Waals surface area (Å²) < 4.78 is 0. The summed E-state index contributed by atoms with van der Waals surface area (Å²) in [5, 5.41) is 16.5. The van der Waals surface area contributed by atoms with Gasteiger partial charge in [0.05, 0.1) is 23.5 Å². The molecule has 8 heteroatoms. The Bertz CT molecular complexity index is 1240. The summed E-state index contributed by atoms with van der Waals surface area (Å²) in [4.78, 5) is 22.0. The van der Waals surface area contributed by atoms with E-state index in [-0.39, 0.29) is 11.9 Å². The van der Waals surface area contributed by atoms with Crippen molar-refractivity contribution >= 4 is 28.9 Å². The maximum absolute atomic E-state index is 12.8. The van der Waals surface area contributed by atoms with E-state index >= 15 is 0 Å². The second-order valence-corrected chi connectivity index (χ2v) is 10.6. The molecule has 2 saturated heterocycles. The number of carbonyl (C=O) groups excluding carboxylic acids is 1. The Kier molecular flexibility index (Phi) is 8.42. The van der Waals surface area contributed by atoms with Gasteiger partial charge in [0.25, 0.3) is 5.91 Å². The molecule has 2 aliphatic rings. The average Bonchev–Trinajstić information content (AvgIpc) is 2.96. The van der Waals surface area contributed by atoms with Crippen LogP contribution in [0.25, 0.3) is 0 Å². The molecule has 0 aliphatic carbocycles. The van der Waals surface area contributed by atoms with Crippen molar-refractivity contribution in [3.05, 3.63) is 88.7 Å². The number of hydrogen-bond acceptors (Lipinski definition) is 6. The summed E-state index contributed by atoms with van der Waals surface area (Å²) in [5.74, 6) is -0.113. The standard InChI is InChI=1S/C30H33ClN6O/c31-24-5-8-28(9-6-24)37-17-13-25(14-18-37)34-27-7-10-29(33-20-27)30(38)35-26-11-15-36(16-12-26)21-23-3-1-22(19-32)2-4-23/h1-10,20,25-26,34H,11-18,21H2,(H,35,38). The maximum Gasteiger partial charge on any atom is 0.270 e. The Labute approximate surface area is 229 Å². The molecule has 3 aromatic rings. The quantitative estimate of drug-likeness (QED) is 0.445. The predicted octanol–water partition coefficient (Wildman–Crippen LogP) is 5.08. The monoisotopic (exact) mass is 528 g/mol. The van der Waals surface area contributed by atoms with Gasteiger partial charge >= 0.3 is 0 Å². The van der Waals surface area contributed by atoms with E-state index < -0.39 is 0 Å². The highest BCUT2D eigenvalue weighted by atomic mass is 35.5. The molecule has 2 fully saturated rings. The van der Waals surface area contributed by atoms with Gasteiger partial charge in [-0.15, -0.1) is 0 Å². The highest BCUT2D eigenvalue weighted by Gasteiger charge is 2.22. The molecule has 0 spiro atoms. The second-order valence-electron chi connectivity index (χ2n) is 10.1. The van der Waals surface area contributed by atoms with Crippen molar-refractivity contribution in [3.8, 4) is 6.07 Å². The van der Waals surface area contributed by atoms with E-state index in [4.69, 9.17) is 16.9 Å². The van der Waals surface area contributed by atoms with Crippen molar-refractivity contribution < 1.29 is 4.79 Å². The van der Waals surface area contributed by atoms with Crippen LogP contribution < -0.4 is 15.5 Å². The number of piperidine rings is 2. The van der Waals surface area contributed by atoms with Crippen LogP contribution in [-0.2, 0) is 6.54 Å². The molecule has 2 aliphatic heterocycles. The molecule has 0 unspecified atom stereocenters. The first-order chi connectivity index (χ1) is 18.6. The molecular formula is C30H33ClN6O. The number of hydrogen-bond donors (Lipinski definition) is 2. The molecule has 7 nitrogen and oxygen atoms in total. The van der Waals surface area contributed by atoms with Crippen LogP contribution in [0, 0.1) is 11.3 Å². The zero-order valence-electron chi connectivity index (χ0n) is 21.4. The number of pyridine rings is 1. The summed E-state index contributed by atoms with van der Waals surface area (Å²) in [5.41, 5.74) is 4.50. The fourth-order valence-corrected chi connectivity index (χ4v) is 5.35. The van der Waals surface area contributed by atoms with Gasteiger partial charge in [0, 0.05) is 55.5 Å². The third-order valence-corrected chi connectivity index (χ3v) is 7.72. The Morgan fingerprint density at radius 3 is 2.24 bits per heavy atom. The van der Waals surface area contributed by atoms with Gasteiger partial charge in [0.1, 0.15) is 5.69 Å². The number of nitriles is 1. The summed E-state index contributed by atoms with van der Waals surface area (Å²) in [7, 11) is 0. The number of likely N-dealkylation sites (tertiary alicyclic amines) is 1. The second kappa shape index (κ2) is 12.3. The lowest BCUT2D eigenvalue weighted by Crippen LogP contribution is -2.44. The highest BCUT2D eigenvalue weighted by molar-refractivity contribution is 6.30. The zero-order valence-corrected chi connectivity index (χ0v) is 22.2. The lowest BCUT2D eigenvalue weighted by molar-refractivity contribution is 0.0904. The number of anilines is 2. The normalized spacial score (nSPS) is 17.1. The van der Waals surface area contributed by atoms with Gasteiger partial charge in [-0.2, -0.15) is 5.26 Å². The van der Waals surface area contributed by atoms with Gasteiger partial charge in [-0.25, -0.2) is 4.98 Å². The molecule has 0 saturated carbocycles. The van der Waals surface area contributed by atoms with Crippen molar-refractivity contribution in [3.63, 3.8) is 0 Å². The van der Waals surface area contributed by atoms with Crippen LogP contribution in [0.4, 0.5) is 11.4 Å². The average molecular weight is 529 g/mol. The van der Waals surface area contributed by atoms with Crippen LogP contribution in [0.2, 0.25) is 5.02 Å². The number of halogens is 1.